The normalized spacial score (nSPS) is 10.4. The van der Waals surface area contributed by atoms with E-state index in [1.165, 1.54) is 6.07 Å². The first kappa shape index (κ1) is 13.2. The van der Waals surface area contributed by atoms with Crippen LogP contribution < -0.4 is 5.32 Å². The van der Waals surface area contributed by atoms with Crippen LogP contribution in [0.5, 0.6) is 0 Å². The van der Waals surface area contributed by atoms with E-state index in [1.54, 1.807) is 23.0 Å². The molecule has 1 aromatic heterocycles. The second kappa shape index (κ2) is 5.63. The summed E-state index contributed by atoms with van der Waals surface area (Å²) in [6.45, 7) is 2.99. The molecule has 0 fully saturated rings. The summed E-state index contributed by atoms with van der Waals surface area (Å²) in [5.41, 5.74) is 2.75. The van der Waals surface area contributed by atoms with Gasteiger partial charge in [0.2, 0.25) is 0 Å². The molecule has 1 aromatic carbocycles. The number of hydrogen-bond acceptors (Lipinski definition) is 3. The third kappa shape index (κ3) is 2.80. The number of nitriles is 1. The second-order valence-corrected chi connectivity index (χ2v) is 4.37. The lowest BCUT2D eigenvalue weighted by molar-refractivity contribution is 0.584. The number of benzene rings is 1. The van der Waals surface area contributed by atoms with Gasteiger partial charge in [-0.05, 0) is 13.0 Å². The highest BCUT2D eigenvalue weighted by atomic mass is 19.1. The fraction of sp³-hybridized carbons (Fsp3) is 0.286. The van der Waals surface area contributed by atoms with Crippen molar-refractivity contribution in [1.82, 2.24) is 15.1 Å². The third-order valence-corrected chi connectivity index (χ3v) is 3.17. The Bertz CT molecular complexity index is 625. The lowest BCUT2D eigenvalue weighted by Crippen LogP contribution is -2.14. The lowest BCUT2D eigenvalue weighted by atomic mass is 10.1. The van der Waals surface area contributed by atoms with Crippen molar-refractivity contribution in [2.75, 3.05) is 0 Å². The van der Waals surface area contributed by atoms with Gasteiger partial charge < -0.3 is 5.32 Å². The summed E-state index contributed by atoms with van der Waals surface area (Å²) in [5.74, 6) is -0.444. The molecule has 0 bridgehead atoms. The highest BCUT2D eigenvalue weighted by Crippen LogP contribution is 2.12. The van der Waals surface area contributed by atoms with Crippen molar-refractivity contribution in [1.29, 1.82) is 5.26 Å². The van der Waals surface area contributed by atoms with Crippen LogP contribution in [0.15, 0.2) is 24.4 Å². The fourth-order valence-electron chi connectivity index (χ4n) is 1.85. The largest absolute Gasteiger partial charge is 0.308 e. The van der Waals surface area contributed by atoms with Crippen LogP contribution in [-0.4, -0.2) is 9.78 Å². The second-order valence-electron chi connectivity index (χ2n) is 4.37. The maximum atomic E-state index is 13.8. The van der Waals surface area contributed by atoms with Crippen molar-refractivity contribution in [3.8, 4) is 6.07 Å². The lowest BCUT2D eigenvalue weighted by Gasteiger charge is -2.06. The van der Waals surface area contributed by atoms with Gasteiger partial charge in [-0.3, -0.25) is 4.68 Å². The molecule has 0 amide bonds. The monoisotopic (exact) mass is 258 g/mol. The van der Waals surface area contributed by atoms with Crippen LogP contribution in [0.1, 0.15) is 22.4 Å². The van der Waals surface area contributed by atoms with Gasteiger partial charge in [-0.25, -0.2) is 4.39 Å². The number of hydrogen-bond donors (Lipinski definition) is 1. The molecular weight excluding hydrogens is 243 g/mol. The topological polar surface area (TPSA) is 53.6 Å². The summed E-state index contributed by atoms with van der Waals surface area (Å²) in [6, 6.07) is 6.68. The molecule has 0 atom stereocenters. The number of nitrogens with one attached hydrogen (secondary N) is 1. The van der Waals surface area contributed by atoms with Gasteiger partial charge in [0.25, 0.3) is 0 Å². The Morgan fingerprint density at radius 1 is 1.37 bits per heavy atom. The molecule has 98 valence electrons. The van der Waals surface area contributed by atoms with Crippen LogP contribution in [0.2, 0.25) is 0 Å². The number of rotatable bonds is 4. The van der Waals surface area contributed by atoms with Crippen LogP contribution in [0.25, 0.3) is 0 Å². The summed E-state index contributed by atoms with van der Waals surface area (Å²) in [6.07, 6.45) is 1.80. The zero-order valence-corrected chi connectivity index (χ0v) is 10.9. The molecule has 0 aliphatic rings. The number of nitrogens with zero attached hydrogens (tertiary/aromatic N) is 3. The molecule has 1 N–H and O–H groups in total. The molecule has 0 saturated heterocycles. The zero-order chi connectivity index (χ0) is 13.8. The van der Waals surface area contributed by atoms with Gasteiger partial charge in [0.05, 0.1) is 11.8 Å². The Kier molecular flexibility index (Phi) is 3.93. The molecule has 1 heterocycles. The third-order valence-electron chi connectivity index (χ3n) is 3.17. The summed E-state index contributed by atoms with van der Waals surface area (Å²) >= 11 is 0. The van der Waals surface area contributed by atoms with E-state index >= 15 is 0 Å². The molecule has 0 spiro atoms. The van der Waals surface area contributed by atoms with Crippen molar-refractivity contribution >= 4 is 0 Å². The highest BCUT2D eigenvalue weighted by molar-refractivity contribution is 5.34. The van der Waals surface area contributed by atoms with Crippen molar-refractivity contribution < 1.29 is 4.39 Å². The van der Waals surface area contributed by atoms with Gasteiger partial charge in [-0.1, -0.05) is 12.1 Å². The van der Waals surface area contributed by atoms with Crippen molar-refractivity contribution in [2.45, 2.75) is 20.0 Å². The van der Waals surface area contributed by atoms with Crippen molar-refractivity contribution in [3.63, 3.8) is 0 Å². The molecule has 19 heavy (non-hydrogen) atoms. The van der Waals surface area contributed by atoms with E-state index in [0.717, 1.165) is 11.3 Å². The smallest absolute Gasteiger partial charge is 0.145 e. The zero-order valence-electron chi connectivity index (χ0n) is 10.9. The van der Waals surface area contributed by atoms with Crippen LogP contribution in [0, 0.1) is 24.1 Å². The summed E-state index contributed by atoms with van der Waals surface area (Å²) < 4.78 is 15.6. The minimum absolute atomic E-state index is 0.0804. The fourth-order valence-corrected chi connectivity index (χ4v) is 1.85. The van der Waals surface area contributed by atoms with Gasteiger partial charge in [0, 0.05) is 37.0 Å². The molecule has 0 unspecified atom stereocenters. The first-order valence-corrected chi connectivity index (χ1v) is 5.99. The molecule has 5 heteroatoms. The Labute approximate surface area is 111 Å². The van der Waals surface area contributed by atoms with Gasteiger partial charge in [-0.2, -0.15) is 10.4 Å². The molecule has 0 aliphatic carbocycles. The van der Waals surface area contributed by atoms with E-state index in [9.17, 15) is 4.39 Å². The quantitative estimate of drug-likeness (QED) is 0.913. The van der Waals surface area contributed by atoms with Crippen molar-refractivity contribution in [3.05, 3.63) is 52.6 Å². The maximum Gasteiger partial charge on any atom is 0.145 e. The summed E-state index contributed by atoms with van der Waals surface area (Å²) in [4.78, 5) is 0. The van der Waals surface area contributed by atoms with E-state index < -0.39 is 5.82 Å². The first-order valence-electron chi connectivity index (χ1n) is 5.99. The van der Waals surface area contributed by atoms with E-state index in [2.05, 4.69) is 10.4 Å². The molecule has 2 aromatic rings. The first-order chi connectivity index (χ1) is 9.13. The minimum atomic E-state index is -0.444. The number of halogens is 1. The average Bonchev–Trinajstić information content (AvgIpc) is 2.72. The van der Waals surface area contributed by atoms with Crippen LogP contribution in [-0.2, 0) is 20.1 Å². The van der Waals surface area contributed by atoms with Crippen LogP contribution >= 0.6 is 0 Å². The van der Waals surface area contributed by atoms with E-state index in [0.29, 0.717) is 18.7 Å². The highest BCUT2D eigenvalue weighted by Gasteiger charge is 2.08. The molecule has 0 aliphatic heterocycles. The Morgan fingerprint density at radius 3 is 2.74 bits per heavy atom. The Morgan fingerprint density at radius 2 is 2.11 bits per heavy atom. The van der Waals surface area contributed by atoms with Crippen LogP contribution in [0.4, 0.5) is 4.39 Å². The van der Waals surface area contributed by atoms with Crippen molar-refractivity contribution in [2.24, 2.45) is 7.05 Å². The number of aromatic nitrogens is 2. The predicted molar refractivity (Wildman–Crippen MR) is 69.6 cm³/mol. The summed E-state index contributed by atoms with van der Waals surface area (Å²) in [7, 11) is 1.88. The molecular formula is C14H15FN4. The van der Waals surface area contributed by atoms with Gasteiger partial charge >= 0.3 is 0 Å². The van der Waals surface area contributed by atoms with E-state index in [4.69, 9.17) is 5.26 Å². The summed E-state index contributed by atoms with van der Waals surface area (Å²) in [5, 5.41) is 16.1. The molecule has 0 saturated carbocycles. The SMILES string of the molecule is Cc1c(CNCc2cccc(C#N)c2F)cnn1C. The molecule has 2 rings (SSSR count). The van der Waals surface area contributed by atoms with Crippen LogP contribution in [0.3, 0.4) is 0 Å². The average molecular weight is 258 g/mol. The van der Waals surface area contributed by atoms with E-state index in [-0.39, 0.29) is 5.56 Å². The number of aryl methyl sites for hydroxylation is 1. The van der Waals surface area contributed by atoms with E-state index in [1.807, 2.05) is 20.0 Å². The molecule has 4 nitrogen and oxygen atoms in total. The van der Waals surface area contributed by atoms with Gasteiger partial charge in [0.1, 0.15) is 11.9 Å². The Hall–Kier alpha value is -2.19. The predicted octanol–water partition coefficient (Wildman–Crippen LogP) is 2.03. The maximum absolute atomic E-state index is 13.8. The van der Waals surface area contributed by atoms with Gasteiger partial charge in [0.15, 0.2) is 0 Å². The standard InChI is InChI=1S/C14H15FN4/c1-10-13(9-18-19(10)2)8-17-7-12-5-3-4-11(6-16)14(12)15/h3-5,9,17H,7-8H2,1-2H3. The minimum Gasteiger partial charge on any atom is -0.308 e. The Balaban J connectivity index is 2.00. The molecule has 0 radical (unpaired) electrons. The van der Waals surface area contributed by atoms with Gasteiger partial charge in [-0.15, -0.1) is 0 Å².